The summed E-state index contributed by atoms with van der Waals surface area (Å²) in [6.07, 6.45) is 3.85. The van der Waals surface area contributed by atoms with Crippen LogP contribution in [0.25, 0.3) is 0 Å². The van der Waals surface area contributed by atoms with Crippen LogP contribution in [-0.2, 0) is 11.1 Å². The molecule has 1 rings (SSSR count). The van der Waals surface area contributed by atoms with Crippen molar-refractivity contribution in [1.29, 1.82) is 0 Å². The molecule has 0 spiro atoms. The molecule has 8 heteroatoms. The van der Waals surface area contributed by atoms with E-state index in [1.54, 1.807) is 17.0 Å². The van der Waals surface area contributed by atoms with Gasteiger partial charge < -0.3 is 24.2 Å². The Labute approximate surface area is 91.0 Å². The minimum absolute atomic E-state index is 0.188. The van der Waals surface area contributed by atoms with Gasteiger partial charge in [0.1, 0.15) is 0 Å². The fourth-order valence-electron chi connectivity index (χ4n) is 0.918. The van der Waals surface area contributed by atoms with Crippen molar-refractivity contribution in [3.05, 3.63) is 18.7 Å². The van der Waals surface area contributed by atoms with Crippen LogP contribution in [0.1, 0.15) is 6.92 Å². The zero-order valence-corrected chi connectivity index (χ0v) is 10.2. The molecule has 0 radical (unpaired) electrons. The third-order valence-corrected chi connectivity index (χ3v) is 3.68. The highest BCUT2D eigenvalue weighted by atomic mass is 31.1. The van der Waals surface area contributed by atoms with Crippen LogP contribution < -0.4 is 0 Å². The van der Waals surface area contributed by atoms with Crippen LogP contribution in [0.15, 0.2) is 18.7 Å². The lowest BCUT2D eigenvalue weighted by atomic mass is 10.6. The molecule has 0 fully saturated rings. The largest absolute Gasteiger partial charge is 0.375 e. The van der Waals surface area contributed by atoms with Gasteiger partial charge in [-0.25, -0.2) is 4.98 Å². The van der Waals surface area contributed by atoms with Crippen LogP contribution in [0.3, 0.4) is 0 Å². The van der Waals surface area contributed by atoms with Crippen molar-refractivity contribution in [2.24, 2.45) is 0 Å². The molecule has 1 heterocycles. The third kappa shape index (κ3) is 4.51. The van der Waals surface area contributed by atoms with Crippen molar-refractivity contribution in [1.82, 2.24) is 9.55 Å². The molecule has 0 saturated heterocycles. The van der Waals surface area contributed by atoms with Gasteiger partial charge in [-0.05, 0) is 6.92 Å². The first-order valence-electron chi connectivity index (χ1n) is 4.26. The highest BCUT2D eigenvalue weighted by Gasteiger charge is 2.28. The number of aliphatic hydroxyl groups is 2. The van der Waals surface area contributed by atoms with E-state index in [4.69, 9.17) is 14.5 Å². The van der Waals surface area contributed by atoms with Gasteiger partial charge in [0.05, 0.1) is 30.5 Å². The lowest BCUT2D eigenvalue weighted by Crippen LogP contribution is -2.24. The molecule has 86 valence electrons. The Kier molecular flexibility index (Phi) is 5.06. The molecule has 6 nitrogen and oxygen atoms in total. The van der Waals surface area contributed by atoms with E-state index >= 15 is 0 Å². The van der Waals surface area contributed by atoms with Crippen molar-refractivity contribution < 1.29 is 19.6 Å². The van der Waals surface area contributed by atoms with Crippen molar-refractivity contribution >= 4 is 17.6 Å². The molecule has 1 aromatic heterocycles. The van der Waals surface area contributed by atoms with E-state index in [0.29, 0.717) is 0 Å². The Balaban J connectivity index is 2.52. The Morgan fingerprint density at radius 1 is 1.67 bits per heavy atom. The molecule has 4 atom stereocenters. The van der Waals surface area contributed by atoms with Gasteiger partial charge >= 0.3 is 0 Å². The van der Waals surface area contributed by atoms with E-state index in [1.807, 2.05) is 0 Å². The molecule has 1 aromatic rings. The fraction of sp³-hybridized carbons (Fsp3) is 0.571. The highest BCUT2D eigenvalue weighted by Crippen LogP contribution is 2.44. The molecular formula is C7H14N2O4P2. The summed E-state index contributed by atoms with van der Waals surface area (Å²) in [5.41, 5.74) is 0. The SMILES string of the molecule is CC(O)OPC(O)(Cn1ccnc1)PO. The first kappa shape index (κ1) is 13.0. The molecule has 0 aliphatic heterocycles. The van der Waals surface area contributed by atoms with Gasteiger partial charge in [0, 0.05) is 12.4 Å². The van der Waals surface area contributed by atoms with E-state index in [-0.39, 0.29) is 15.4 Å². The molecule has 0 aliphatic carbocycles. The summed E-state index contributed by atoms with van der Waals surface area (Å²) >= 11 is 0. The number of aliphatic hydroxyl groups excluding tert-OH is 1. The van der Waals surface area contributed by atoms with E-state index in [2.05, 4.69) is 4.98 Å². The van der Waals surface area contributed by atoms with Gasteiger partial charge in [-0.3, -0.25) is 0 Å². The molecule has 4 unspecified atom stereocenters. The monoisotopic (exact) mass is 252 g/mol. The predicted octanol–water partition coefficient (Wildman–Crippen LogP) is 0.0634. The second-order valence-corrected chi connectivity index (χ2v) is 5.84. The number of hydrogen-bond donors (Lipinski definition) is 3. The topological polar surface area (TPSA) is 87.7 Å². The first-order valence-corrected chi connectivity index (χ1v) is 6.11. The Bertz CT molecular complexity index is 283. The Morgan fingerprint density at radius 2 is 2.40 bits per heavy atom. The minimum Gasteiger partial charge on any atom is -0.375 e. The Hall–Kier alpha value is -0.0900. The molecular weight excluding hydrogens is 238 g/mol. The van der Waals surface area contributed by atoms with Crippen molar-refractivity contribution in [3.8, 4) is 0 Å². The predicted molar refractivity (Wildman–Crippen MR) is 58.8 cm³/mol. The molecule has 0 bridgehead atoms. The number of nitrogens with zero attached hydrogens (tertiary/aromatic N) is 2. The van der Waals surface area contributed by atoms with Crippen LogP contribution in [0.2, 0.25) is 0 Å². The number of aromatic nitrogens is 2. The second kappa shape index (κ2) is 5.85. The van der Waals surface area contributed by atoms with Crippen LogP contribution in [0, 0.1) is 0 Å². The summed E-state index contributed by atoms with van der Waals surface area (Å²) in [7, 11) is -1.06. The molecule has 0 amide bonds. The van der Waals surface area contributed by atoms with Gasteiger partial charge in [0.2, 0.25) is 0 Å². The summed E-state index contributed by atoms with van der Waals surface area (Å²) in [5, 5.41) is 17.5. The number of rotatable bonds is 6. The van der Waals surface area contributed by atoms with E-state index in [0.717, 1.165) is 0 Å². The van der Waals surface area contributed by atoms with E-state index in [1.165, 1.54) is 13.3 Å². The van der Waals surface area contributed by atoms with Crippen LogP contribution in [-0.4, -0.2) is 36.0 Å². The highest BCUT2D eigenvalue weighted by molar-refractivity contribution is 7.53. The maximum Gasteiger partial charge on any atom is 0.163 e. The average molecular weight is 252 g/mol. The maximum atomic E-state index is 9.93. The van der Waals surface area contributed by atoms with Crippen molar-refractivity contribution in [3.63, 3.8) is 0 Å². The Morgan fingerprint density at radius 3 is 2.87 bits per heavy atom. The quantitative estimate of drug-likeness (QED) is 0.492. The fourth-order valence-corrected chi connectivity index (χ4v) is 2.14. The number of hydrogen-bond acceptors (Lipinski definition) is 5. The summed E-state index contributed by atoms with van der Waals surface area (Å²) in [6, 6.07) is 0. The van der Waals surface area contributed by atoms with Crippen LogP contribution >= 0.6 is 17.6 Å². The zero-order chi connectivity index (χ0) is 11.3. The van der Waals surface area contributed by atoms with Gasteiger partial charge in [-0.1, -0.05) is 0 Å². The molecule has 0 aromatic carbocycles. The van der Waals surface area contributed by atoms with E-state index in [9.17, 15) is 5.11 Å². The normalized spacial score (nSPS) is 18.9. The lowest BCUT2D eigenvalue weighted by Gasteiger charge is -2.25. The second-order valence-electron chi connectivity index (χ2n) is 3.03. The molecule has 15 heavy (non-hydrogen) atoms. The maximum absolute atomic E-state index is 9.93. The smallest absolute Gasteiger partial charge is 0.163 e. The van der Waals surface area contributed by atoms with Crippen LogP contribution in [0.5, 0.6) is 0 Å². The van der Waals surface area contributed by atoms with Gasteiger partial charge in [0.15, 0.2) is 11.4 Å². The van der Waals surface area contributed by atoms with Gasteiger partial charge in [-0.15, -0.1) is 0 Å². The van der Waals surface area contributed by atoms with Crippen molar-refractivity contribution in [2.75, 3.05) is 0 Å². The summed E-state index contributed by atoms with van der Waals surface area (Å²) in [4.78, 5) is 12.9. The third-order valence-electron chi connectivity index (χ3n) is 1.55. The summed E-state index contributed by atoms with van der Waals surface area (Å²) in [5.74, 6) is 0. The first-order chi connectivity index (χ1) is 7.06. The molecule has 0 saturated carbocycles. The molecule has 3 N–H and O–H groups in total. The average Bonchev–Trinajstić information content (AvgIpc) is 2.67. The summed E-state index contributed by atoms with van der Waals surface area (Å²) in [6.45, 7) is 1.64. The molecule has 0 aliphatic rings. The van der Waals surface area contributed by atoms with Gasteiger partial charge in [0.25, 0.3) is 0 Å². The summed E-state index contributed by atoms with van der Waals surface area (Å²) < 4.78 is 6.53. The van der Waals surface area contributed by atoms with Gasteiger partial charge in [-0.2, -0.15) is 0 Å². The zero-order valence-electron chi connectivity index (χ0n) is 8.16. The van der Waals surface area contributed by atoms with Crippen molar-refractivity contribution in [2.45, 2.75) is 24.8 Å². The number of imidazole rings is 1. The minimum atomic E-state index is -1.35. The van der Waals surface area contributed by atoms with Crippen LogP contribution in [0.4, 0.5) is 0 Å². The standard InChI is InChI=1S/C7H14N2O4P2/c1-6(10)13-15-7(11,14-12)4-9-3-2-8-5-9/h2-3,5-6,10-12,14-15H,4H2,1H3. The van der Waals surface area contributed by atoms with E-state index < -0.39 is 20.2 Å². The lowest BCUT2D eigenvalue weighted by molar-refractivity contribution is 0.00552.